The molecule has 7 heteroatoms. The summed E-state index contributed by atoms with van der Waals surface area (Å²) in [5, 5.41) is 9.13. The molecule has 1 unspecified atom stereocenters. The molecule has 1 atom stereocenters. The lowest BCUT2D eigenvalue weighted by atomic mass is 9.98. The molecule has 0 aromatic carbocycles. The highest BCUT2D eigenvalue weighted by Crippen LogP contribution is 2.19. The summed E-state index contributed by atoms with van der Waals surface area (Å²) < 4.78 is 0. The van der Waals surface area contributed by atoms with Crippen LogP contribution in [0.2, 0.25) is 0 Å². The zero-order valence-corrected chi connectivity index (χ0v) is 19.5. The molecule has 0 amide bonds. The second-order valence-corrected chi connectivity index (χ2v) is 8.42. The number of hydrogen-bond donors (Lipinski definition) is 2. The summed E-state index contributed by atoms with van der Waals surface area (Å²) in [6, 6.07) is 4.40. The number of unbranched alkanes of at least 4 members (excludes halogenated alkanes) is 1. The van der Waals surface area contributed by atoms with E-state index in [0.29, 0.717) is 5.92 Å². The molecular formula is C18H33IN4S2. The van der Waals surface area contributed by atoms with Crippen LogP contribution in [0.5, 0.6) is 0 Å². The van der Waals surface area contributed by atoms with Gasteiger partial charge < -0.3 is 10.6 Å². The zero-order chi connectivity index (χ0) is 17.0. The molecule has 1 aliphatic heterocycles. The summed E-state index contributed by atoms with van der Waals surface area (Å²) in [5.41, 5.74) is 0. The van der Waals surface area contributed by atoms with E-state index in [9.17, 15) is 0 Å². The van der Waals surface area contributed by atoms with Gasteiger partial charge in [-0.3, -0.25) is 9.89 Å². The van der Waals surface area contributed by atoms with Gasteiger partial charge in [0.25, 0.3) is 0 Å². The van der Waals surface area contributed by atoms with Gasteiger partial charge in [0.1, 0.15) is 0 Å². The molecule has 2 N–H and O–H groups in total. The van der Waals surface area contributed by atoms with Gasteiger partial charge in [-0.05, 0) is 61.6 Å². The van der Waals surface area contributed by atoms with Crippen LogP contribution in [0.15, 0.2) is 22.5 Å². The van der Waals surface area contributed by atoms with Gasteiger partial charge in [0, 0.05) is 38.1 Å². The van der Waals surface area contributed by atoms with E-state index in [2.05, 4.69) is 44.3 Å². The first kappa shape index (κ1) is 23.0. The Bertz CT molecular complexity index is 468. The van der Waals surface area contributed by atoms with Crippen LogP contribution in [-0.4, -0.2) is 56.1 Å². The molecule has 1 aliphatic rings. The molecule has 144 valence electrons. The first-order valence-electron chi connectivity index (χ1n) is 9.00. The van der Waals surface area contributed by atoms with Crippen LogP contribution in [0.25, 0.3) is 0 Å². The van der Waals surface area contributed by atoms with Crippen LogP contribution >= 0.6 is 47.1 Å². The van der Waals surface area contributed by atoms with E-state index in [-0.39, 0.29) is 24.0 Å². The maximum atomic E-state index is 4.35. The van der Waals surface area contributed by atoms with E-state index in [1.54, 1.807) is 0 Å². The van der Waals surface area contributed by atoms with Gasteiger partial charge in [0.2, 0.25) is 0 Å². The highest BCUT2D eigenvalue weighted by molar-refractivity contribution is 14.0. The maximum Gasteiger partial charge on any atom is 0.190 e. The SMILES string of the molecule is CN=C(NCCCCSC)NCC1CCCN(Cc2cccs2)C1.I. The largest absolute Gasteiger partial charge is 0.356 e. The number of likely N-dealkylation sites (tertiary alicyclic amines) is 1. The Morgan fingerprint density at radius 1 is 1.40 bits per heavy atom. The number of aliphatic imine (C=N–C) groups is 1. The van der Waals surface area contributed by atoms with Gasteiger partial charge in [-0.2, -0.15) is 11.8 Å². The topological polar surface area (TPSA) is 39.7 Å². The summed E-state index contributed by atoms with van der Waals surface area (Å²) in [6.07, 6.45) is 7.27. The monoisotopic (exact) mass is 496 g/mol. The molecule has 4 nitrogen and oxygen atoms in total. The fraction of sp³-hybridized carbons (Fsp3) is 0.722. The van der Waals surface area contributed by atoms with E-state index >= 15 is 0 Å². The number of rotatable bonds is 9. The smallest absolute Gasteiger partial charge is 0.190 e. The Hall–Kier alpha value is 0.01000. The minimum Gasteiger partial charge on any atom is -0.356 e. The number of nitrogens with one attached hydrogen (secondary N) is 2. The lowest BCUT2D eigenvalue weighted by Crippen LogP contribution is -2.44. The molecule has 1 saturated heterocycles. The van der Waals surface area contributed by atoms with Crippen LogP contribution in [0.1, 0.15) is 30.6 Å². The van der Waals surface area contributed by atoms with Gasteiger partial charge in [-0.15, -0.1) is 35.3 Å². The number of nitrogens with zero attached hydrogens (tertiary/aromatic N) is 2. The van der Waals surface area contributed by atoms with E-state index in [1.165, 1.54) is 49.4 Å². The second kappa shape index (κ2) is 14.1. The Morgan fingerprint density at radius 2 is 2.28 bits per heavy atom. The van der Waals surface area contributed by atoms with E-state index in [1.807, 2.05) is 30.1 Å². The highest BCUT2D eigenvalue weighted by Gasteiger charge is 2.20. The average Bonchev–Trinajstić information content (AvgIpc) is 3.11. The fourth-order valence-electron chi connectivity index (χ4n) is 3.12. The third kappa shape index (κ3) is 9.49. The molecule has 0 saturated carbocycles. The van der Waals surface area contributed by atoms with E-state index < -0.39 is 0 Å². The van der Waals surface area contributed by atoms with Crippen molar-refractivity contribution in [2.24, 2.45) is 10.9 Å². The Labute approximate surface area is 178 Å². The second-order valence-electron chi connectivity index (χ2n) is 6.40. The molecule has 0 radical (unpaired) electrons. The summed E-state index contributed by atoms with van der Waals surface area (Å²) >= 11 is 3.79. The quantitative estimate of drug-likeness (QED) is 0.236. The fourth-order valence-corrected chi connectivity index (χ4v) is 4.36. The predicted octanol–water partition coefficient (Wildman–Crippen LogP) is 3.89. The lowest BCUT2D eigenvalue weighted by molar-refractivity contribution is 0.169. The van der Waals surface area contributed by atoms with Crippen molar-refractivity contribution in [1.82, 2.24) is 15.5 Å². The molecule has 0 aliphatic carbocycles. The van der Waals surface area contributed by atoms with E-state index in [4.69, 9.17) is 0 Å². The Morgan fingerprint density at radius 3 is 3.00 bits per heavy atom. The number of thiophene rings is 1. The van der Waals surface area contributed by atoms with Crippen molar-refractivity contribution in [3.63, 3.8) is 0 Å². The third-order valence-electron chi connectivity index (χ3n) is 4.41. The van der Waals surface area contributed by atoms with Crippen LogP contribution < -0.4 is 10.6 Å². The predicted molar refractivity (Wildman–Crippen MR) is 125 cm³/mol. The number of thioether (sulfide) groups is 1. The van der Waals surface area contributed by atoms with Crippen molar-refractivity contribution < 1.29 is 0 Å². The molecule has 0 bridgehead atoms. The van der Waals surface area contributed by atoms with Gasteiger partial charge >= 0.3 is 0 Å². The molecule has 1 fully saturated rings. The minimum atomic E-state index is 0. The molecule has 0 spiro atoms. The van der Waals surface area contributed by atoms with Crippen molar-refractivity contribution in [2.45, 2.75) is 32.2 Å². The first-order valence-corrected chi connectivity index (χ1v) is 11.3. The van der Waals surface area contributed by atoms with Gasteiger partial charge in [-0.1, -0.05) is 6.07 Å². The number of halogens is 1. The first-order chi connectivity index (χ1) is 11.8. The van der Waals surface area contributed by atoms with Crippen molar-refractivity contribution in [1.29, 1.82) is 0 Å². The Balaban J connectivity index is 0.00000312. The average molecular weight is 497 g/mol. The molecular weight excluding hydrogens is 463 g/mol. The van der Waals surface area contributed by atoms with Crippen molar-refractivity contribution in [3.05, 3.63) is 22.4 Å². The van der Waals surface area contributed by atoms with Crippen molar-refractivity contribution in [2.75, 3.05) is 45.2 Å². The van der Waals surface area contributed by atoms with Gasteiger partial charge in [0.15, 0.2) is 5.96 Å². The van der Waals surface area contributed by atoms with Crippen LogP contribution in [-0.2, 0) is 6.54 Å². The standard InChI is InChI=1S/C18H32N4S2.HI/c1-19-18(20-9-3-4-11-23-2)21-13-16-7-5-10-22(14-16)15-17-8-6-12-24-17;/h6,8,12,16H,3-5,7,9-11,13-15H2,1-2H3,(H2,19,20,21);1H. The summed E-state index contributed by atoms with van der Waals surface area (Å²) in [6.45, 7) is 5.56. The van der Waals surface area contributed by atoms with Crippen LogP contribution in [0, 0.1) is 5.92 Å². The van der Waals surface area contributed by atoms with Gasteiger partial charge in [-0.25, -0.2) is 0 Å². The molecule has 2 rings (SSSR count). The molecule has 2 heterocycles. The lowest BCUT2D eigenvalue weighted by Gasteiger charge is -2.32. The minimum absolute atomic E-state index is 0. The Kier molecular flexibility index (Phi) is 13.0. The molecule has 25 heavy (non-hydrogen) atoms. The summed E-state index contributed by atoms with van der Waals surface area (Å²) in [5.74, 6) is 2.92. The third-order valence-corrected chi connectivity index (χ3v) is 5.97. The van der Waals surface area contributed by atoms with Crippen LogP contribution in [0.3, 0.4) is 0 Å². The number of hydrogen-bond acceptors (Lipinski definition) is 4. The number of piperidine rings is 1. The highest BCUT2D eigenvalue weighted by atomic mass is 127. The number of guanidine groups is 1. The normalized spacial score (nSPS) is 18.6. The summed E-state index contributed by atoms with van der Waals surface area (Å²) in [4.78, 5) is 8.42. The van der Waals surface area contributed by atoms with Crippen molar-refractivity contribution >= 4 is 53.0 Å². The zero-order valence-electron chi connectivity index (χ0n) is 15.5. The van der Waals surface area contributed by atoms with Crippen molar-refractivity contribution in [3.8, 4) is 0 Å². The molecule has 1 aromatic heterocycles. The summed E-state index contributed by atoms with van der Waals surface area (Å²) in [7, 11) is 1.86. The van der Waals surface area contributed by atoms with E-state index in [0.717, 1.165) is 25.6 Å². The maximum absolute atomic E-state index is 4.35. The van der Waals surface area contributed by atoms with Gasteiger partial charge in [0.05, 0.1) is 0 Å². The van der Waals surface area contributed by atoms with Crippen LogP contribution in [0.4, 0.5) is 0 Å². The molecule has 1 aromatic rings.